The Morgan fingerprint density at radius 3 is 2.88 bits per heavy atom. The fourth-order valence-electron chi connectivity index (χ4n) is 2.53. The number of fused-ring (bicyclic) bond motifs is 1. The fraction of sp³-hybridized carbons (Fsp3) is 0.125. The number of benzene rings is 1. The van der Waals surface area contributed by atoms with Gasteiger partial charge in [0.15, 0.2) is 0 Å². The molecule has 1 amide bonds. The van der Waals surface area contributed by atoms with Gasteiger partial charge in [-0.25, -0.2) is 5.10 Å². The Morgan fingerprint density at radius 2 is 2.16 bits per heavy atom. The minimum absolute atomic E-state index is 0.226. The molecule has 0 saturated carbocycles. The van der Waals surface area contributed by atoms with E-state index in [1.807, 2.05) is 41.9 Å². The number of aryl methyl sites for hydroxylation is 1. The van der Waals surface area contributed by atoms with E-state index >= 15 is 0 Å². The van der Waals surface area contributed by atoms with Crippen LogP contribution in [0.5, 0.6) is 0 Å². The van der Waals surface area contributed by atoms with E-state index in [1.54, 1.807) is 0 Å². The van der Waals surface area contributed by atoms with Crippen LogP contribution in [0.3, 0.4) is 0 Å². The normalized spacial score (nSPS) is 11.1. The summed E-state index contributed by atoms with van der Waals surface area (Å²) in [7, 11) is 0. The zero-order chi connectivity index (χ0) is 17.4. The van der Waals surface area contributed by atoms with Gasteiger partial charge in [0.2, 0.25) is 5.95 Å². The van der Waals surface area contributed by atoms with Gasteiger partial charge in [-0.15, -0.1) is 11.3 Å². The number of hydrogen-bond acceptors (Lipinski definition) is 5. The number of thiophene rings is 1. The van der Waals surface area contributed by atoms with Crippen molar-refractivity contribution in [3.8, 4) is 0 Å². The third kappa shape index (κ3) is 3.13. The predicted molar refractivity (Wildman–Crippen MR) is 97.2 cm³/mol. The first-order valence-corrected chi connectivity index (χ1v) is 8.68. The zero-order valence-electron chi connectivity index (χ0n) is 13.2. The number of anilines is 1. The number of nitrogens with one attached hydrogen (secondary N) is 2. The molecule has 7 nitrogen and oxygen atoms in total. The maximum Gasteiger partial charge on any atom is 0.268 e. The molecule has 0 aliphatic carbocycles. The van der Waals surface area contributed by atoms with Crippen LogP contribution in [0, 0.1) is 6.92 Å². The minimum atomic E-state index is -0.226. The highest BCUT2D eigenvalue weighted by molar-refractivity contribution is 7.20. The van der Waals surface area contributed by atoms with Gasteiger partial charge in [0, 0.05) is 10.4 Å². The van der Waals surface area contributed by atoms with E-state index < -0.39 is 0 Å². The van der Waals surface area contributed by atoms with Crippen molar-refractivity contribution >= 4 is 45.0 Å². The molecule has 0 aliphatic heterocycles. The number of aromatic nitrogens is 5. The van der Waals surface area contributed by atoms with E-state index in [2.05, 4.69) is 25.6 Å². The number of carbonyl (C=O) groups is 1. The molecule has 25 heavy (non-hydrogen) atoms. The third-order valence-electron chi connectivity index (χ3n) is 3.72. The number of H-pyrrole nitrogens is 1. The number of carbonyl (C=O) groups excluding carboxylic acids is 1. The van der Waals surface area contributed by atoms with E-state index in [-0.39, 0.29) is 5.91 Å². The van der Waals surface area contributed by atoms with E-state index in [0.717, 1.165) is 21.5 Å². The summed E-state index contributed by atoms with van der Waals surface area (Å²) in [4.78, 5) is 17.8. The van der Waals surface area contributed by atoms with Crippen LogP contribution in [0.2, 0.25) is 5.02 Å². The average molecular weight is 373 g/mol. The average Bonchev–Trinajstić information content (AvgIpc) is 3.29. The van der Waals surface area contributed by atoms with Gasteiger partial charge in [0.05, 0.1) is 17.1 Å². The standard InChI is InChI=1S/C16H13ClN6OS/c1-9-12-6-13(14(24)20-16-18-8-19-21-16)25-15(12)23(22-9)7-10-2-4-11(17)5-3-10/h2-6,8H,7H2,1H3,(H2,18,19,20,21,24). The number of nitrogens with zero attached hydrogens (tertiary/aromatic N) is 4. The molecule has 0 unspecified atom stereocenters. The van der Waals surface area contributed by atoms with Crippen LogP contribution in [-0.2, 0) is 6.54 Å². The van der Waals surface area contributed by atoms with Crippen molar-refractivity contribution in [1.29, 1.82) is 0 Å². The lowest BCUT2D eigenvalue weighted by molar-refractivity contribution is 0.103. The SMILES string of the molecule is Cc1nn(Cc2ccc(Cl)cc2)c2sc(C(=O)Nc3ncn[nH]3)cc12. The molecule has 0 radical (unpaired) electrons. The Bertz CT molecular complexity index is 1030. The van der Waals surface area contributed by atoms with Crippen molar-refractivity contribution in [3.63, 3.8) is 0 Å². The summed E-state index contributed by atoms with van der Waals surface area (Å²) < 4.78 is 1.91. The molecular weight excluding hydrogens is 360 g/mol. The molecule has 4 rings (SSSR count). The maximum absolute atomic E-state index is 12.4. The molecule has 4 aromatic rings. The molecule has 0 bridgehead atoms. The zero-order valence-corrected chi connectivity index (χ0v) is 14.7. The fourth-order valence-corrected chi connectivity index (χ4v) is 3.71. The number of rotatable bonds is 4. The smallest absolute Gasteiger partial charge is 0.268 e. The Balaban J connectivity index is 1.64. The van der Waals surface area contributed by atoms with Crippen molar-refractivity contribution < 1.29 is 4.79 Å². The van der Waals surface area contributed by atoms with Crippen LogP contribution in [0.1, 0.15) is 20.9 Å². The maximum atomic E-state index is 12.4. The Hall–Kier alpha value is -2.71. The topological polar surface area (TPSA) is 88.5 Å². The Kier molecular flexibility index (Phi) is 3.98. The highest BCUT2D eigenvalue weighted by atomic mass is 35.5. The van der Waals surface area contributed by atoms with Crippen LogP contribution in [0.15, 0.2) is 36.7 Å². The second-order valence-corrected chi connectivity index (χ2v) is 6.95. The van der Waals surface area contributed by atoms with Crippen molar-refractivity contribution in [2.75, 3.05) is 5.32 Å². The molecular formula is C16H13ClN6OS. The van der Waals surface area contributed by atoms with E-state index in [0.29, 0.717) is 22.4 Å². The molecule has 3 heterocycles. The number of aromatic amines is 1. The first kappa shape index (κ1) is 15.8. The first-order chi connectivity index (χ1) is 12.1. The summed E-state index contributed by atoms with van der Waals surface area (Å²) in [5.41, 5.74) is 1.98. The minimum Gasteiger partial charge on any atom is -0.290 e. The van der Waals surface area contributed by atoms with Gasteiger partial charge in [0.1, 0.15) is 11.2 Å². The first-order valence-electron chi connectivity index (χ1n) is 7.48. The molecule has 0 fully saturated rings. The Labute approximate surface area is 151 Å². The second kappa shape index (κ2) is 6.30. The monoisotopic (exact) mass is 372 g/mol. The molecule has 3 aromatic heterocycles. The summed E-state index contributed by atoms with van der Waals surface area (Å²) in [6, 6.07) is 9.50. The molecule has 2 N–H and O–H groups in total. The third-order valence-corrected chi connectivity index (χ3v) is 5.12. The van der Waals surface area contributed by atoms with Crippen molar-refractivity contribution in [3.05, 3.63) is 57.8 Å². The van der Waals surface area contributed by atoms with Gasteiger partial charge in [-0.05, 0) is 30.7 Å². The lowest BCUT2D eigenvalue weighted by Crippen LogP contribution is -2.11. The van der Waals surface area contributed by atoms with Crippen LogP contribution in [-0.4, -0.2) is 30.9 Å². The highest BCUT2D eigenvalue weighted by Gasteiger charge is 2.17. The van der Waals surface area contributed by atoms with Crippen molar-refractivity contribution in [1.82, 2.24) is 25.0 Å². The molecule has 1 aromatic carbocycles. The van der Waals surface area contributed by atoms with Gasteiger partial charge in [-0.2, -0.15) is 15.2 Å². The van der Waals surface area contributed by atoms with Gasteiger partial charge in [0.25, 0.3) is 5.91 Å². The van der Waals surface area contributed by atoms with Gasteiger partial charge in [-0.3, -0.25) is 14.8 Å². The highest BCUT2D eigenvalue weighted by Crippen LogP contribution is 2.29. The van der Waals surface area contributed by atoms with Crippen LogP contribution in [0.4, 0.5) is 5.95 Å². The van der Waals surface area contributed by atoms with Crippen molar-refractivity contribution in [2.24, 2.45) is 0 Å². The lowest BCUT2D eigenvalue weighted by atomic mass is 10.2. The molecule has 0 saturated heterocycles. The summed E-state index contributed by atoms with van der Waals surface area (Å²) in [6.45, 7) is 2.55. The van der Waals surface area contributed by atoms with E-state index in [1.165, 1.54) is 17.7 Å². The molecule has 0 atom stereocenters. The molecule has 126 valence electrons. The van der Waals surface area contributed by atoms with E-state index in [4.69, 9.17) is 11.6 Å². The second-order valence-electron chi connectivity index (χ2n) is 5.49. The Morgan fingerprint density at radius 1 is 1.36 bits per heavy atom. The van der Waals surface area contributed by atoms with Crippen LogP contribution >= 0.6 is 22.9 Å². The largest absolute Gasteiger partial charge is 0.290 e. The predicted octanol–water partition coefficient (Wildman–Crippen LogP) is 3.48. The summed E-state index contributed by atoms with van der Waals surface area (Å²) in [5, 5.41) is 15.3. The summed E-state index contributed by atoms with van der Waals surface area (Å²) in [6.07, 6.45) is 1.34. The van der Waals surface area contributed by atoms with E-state index in [9.17, 15) is 4.79 Å². The van der Waals surface area contributed by atoms with Crippen LogP contribution < -0.4 is 5.32 Å². The van der Waals surface area contributed by atoms with Crippen LogP contribution in [0.25, 0.3) is 10.2 Å². The quantitative estimate of drug-likeness (QED) is 0.574. The van der Waals surface area contributed by atoms with Gasteiger partial charge in [-0.1, -0.05) is 23.7 Å². The summed E-state index contributed by atoms with van der Waals surface area (Å²) in [5.74, 6) is 0.0948. The lowest BCUT2D eigenvalue weighted by Gasteiger charge is -2.03. The van der Waals surface area contributed by atoms with Gasteiger partial charge >= 0.3 is 0 Å². The molecule has 9 heteroatoms. The summed E-state index contributed by atoms with van der Waals surface area (Å²) >= 11 is 7.33. The van der Waals surface area contributed by atoms with Crippen molar-refractivity contribution in [2.45, 2.75) is 13.5 Å². The number of amides is 1. The number of halogens is 1. The molecule has 0 aliphatic rings. The molecule has 0 spiro atoms. The number of hydrogen-bond donors (Lipinski definition) is 2. The van der Waals surface area contributed by atoms with Gasteiger partial charge < -0.3 is 0 Å².